The lowest BCUT2D eigenvalue weighted by Gasteiger charge is -2.09. The molecule has 1 atom stereocenters. The van der Waals surface area contributed by atoms with Crippen molar-refractivity contribution in [2.24, 2.45) is 0 Å². The second kappa shape index (κ2) is 6.80. The van der Waals surface area contributed by atoms with Crippen LogP contribution in [0.25, 0.3) is 0 Å². The summed E-state index contributed by atoms with van der Waals surface area (Å²) in [6, 6.07) is 2.53. The number of nitrogens with zero attached hydrogens (tertiary/aromatic N) is 1. The van der Waals surface area contributed by atoms with Gasteiger partial charge in [-0.3, -0.25) is 19.7 Å². The number of hydrogen-bond donors (Lipinski definition) is 1. The molecule has 0 spiro atoms. The van der Waals surface area contributed by atoms with Crippen molar-refractivity contribution < 1.29 is 23.6 Å². The smallest absolute Gasteiger partial charge is 0.325 e. The van der Waals surface area contributed by atoms with Gasteiger partial charge in [-0.2, -0.15) is 0 Å². The Hall–Kier alpha value is -2.22. The Morgan fingerprint density at radius 1 is 1.55 bits per heavy atom. The highest BCUT2D eigenvalue weighted by atomic mass is 35.5. The molecule has 0 radical (unpaired) electrons. The maximum Gasteiger partial charge on any atom is 0.325 e. The third-order valence-electron chi connectivity index (χ3n) is 2.30. The molecule has 1 unspecified atom stereocenters. The van der Waals surface area contributed by atoms with Crippen LogP contribution in [0.2, 0.25) is 0 Å². The van der Waals surface area contributed by atoms with Gasteiger partial charge in [-0.15, -0.1) is 11.6 Å². The van der Waals surface area contributed by atoms with Gasteiger partial charge in [0.05, 0.1) is 18.1 Å². The molecular weight excluding hydrogens is 295 g/mol. The van der Waals surface area contributed by atoms with Gasteiger partial charge in [-0.05, 0) is 12.1 Å². The van der Waals surface area contributed by atoms with E-state index in [0.29, 0.717) is 6.07 Å². The molecule has 0 saturated carbocycles. The quantitative estimate of drug-likeness (QED) is 0.382. The van der Waals surface area contributed by atoms with Crippen molar-refractivity contribution >= 4 is 29.2 Å². The van der Waals surface area contributed by atoms with Gasteiger partial charge in [0.1, 0.15) is 16.8 Å². The Morgan fingerprint density at radius 2 is 2.20 bits per heavy atom. The van der Waals surface area contributed by atoms with E-state index in [2.05, 4.69) is 10.1 Å². The highest BCUT2D eigenvalue weighted by Gasteiger charge is 2.23. The van der Waals surface area contributed by atoms with E-state index >= 15 is 0 Å². The highest BCUT2D eigenvalue weighted by molar-refractivity contribution is 6.30. The molecule has 108 valence electrons. The summed E-state index contributed by atoms with van der Waals surface area (Å²) >= 11 is 5.61. The number of alkyl halides is 1. The Morgan fingerprint density at radius 3 is 2.75 bits per heavy atom. The van der Waals surface area contributed by atoms with E-state index in [-0.39, 0.29) is 12.1 Å². The minimum absolute atomic E-state index is 0.276. The summed E-state index contributed by atoms with van der Waals surface area (Å²) in [7, 11) is 1.13. The number of nitro groups is 1. The molecule has 0 bridgehead atoms. The topological polar surface area (TPSA) is 98.5 Å². The minimum atomic E-state index is -1.12. The molecule has 1 amide bonds. The molecule has 0 fully saturated rings. The Kier molecular flexibility index (Phi) is 5.39. The number of carbonyl (C=O) groups excluding carboxylic acids is 2. The normalized spacial score (nSPS) is 11.6. The maximum absolute atomic E-state index is 12.9. The van der Waals surface area contributed by atoms with Crippen molar-refractivity contribution in [1.29, 1.82) is 0 Å². The van der Waals surface area contributed by atoms with Crippen LogP contribution in [-0.4, -0.2) is 35.8 Å². The predicted octanol–water partition coefficient (Wildman–Crippen LogP) is 1.24. The predicted molar refractivity (Wildman–Crippen MR) is 67.0 cm³/mol. The zero-order valence-electron chi connectivity index (χ0n) is 10.3. The molecule has 1 rings (SSSR count). The van der Waals surface area contributed by atoms with Crippen molar-refractivity contribution in [2.75, 3.05) is 13.7 Å². The SMILES string of the molecule is COC(=O)C(Cl)CNC(=O)c1ccc(F)cc1[N+](=O)[O-]. The monoisotopic (exact) mass is 304 g/mol. The number of ether oxygens (including phenoxy) is 1. The van der Waals surface area contributed by atoms with E-state index in [4.69, 9.17) is 11.6 Å². The van der Waals surface area contributed by atoms with E-state index in [1.165, 1.54) is 0 Å². The summed E-state index contributed by atoms with van der Waals surface area (Å²) in [5, 5.41) is 11.8. The maximum atomic E-state index is 12.9. The molecule has 20 heavy (non-hydrogen) atoms. The number of nitrogens with one attached hydrogen (secondary N) is 1. The molecule has 0 saturated heterocycles. The van der Waals surface area contributed by atoms with Gasteiger partial charge >= 0.3 is 5.97 Å². The summed E-state index contributed by atoms with van der Waals surface area (Å²) < 4.78 is 17.3. The Labute approximate surface area is 117 Å². The standard InChI is InChI=1S/C11H10ClFN2O5/c1-20-11(17)8(12)5-14-10(16)7-3-2-6(13)4-9(7)15(18)19/h2-4,8H,5H2,1H3,(H,14,16). The number of carbonyl (C=O) groups is 2. The molecule has 0 aliphatic carbocycles. The van der Waals surface area contributed by atoms with Gasteiger partial charge < -0.3 is 10.1 Å². The van der Waals surface area contributed by atoms with Crippen LogP contribution in [0.4, 0.5) is 10.1 Å². The van der Waals surface area contributed by atoms with Crippen LogP contribution < -0.4 is 5.32 Å². The first-order valence-electron chi connectivity index (χ1n) is 5.31. The second-order valence-corrected chi connectivity index (χ2v) is 4.15. The van der Waals surface area contributed by atoms with Crippen LogP contribution in [0.5, 0.6) is 0 Å². The van der Waals surface area contributed by atoms with Crippen molar-refractivity contribution in [3.63, 3.8) is 0 Å². The van der Waals surface area contributed by atoms with Crippen LogP contribution >= 0.6 is 11.6 Å². The first-order valence-corrected chi connectivity index (χ1v) is 5.74. The fourth-order valence-electron chi connectivity index (χ4n) is 1.34. The number of rotatable bonds is 5. The number of esters is 1. The number of hydrogen-bond acceptors (Lipinski definition) is 5. The fourth-order valence-corrected chi connectivity index (χ4v) is 1.50. The van der Waals surface area contributed by atoms with E-state index in [1.54, 1.807) is 0 Å². The summed E-state index contributed by atoms with van der Waals surface area (Å²) in [4.78, 5) is 32.6. The van der Waals surface area contributed by atoms with Gasteiger partial charge in [0, 0.05) is 6.54 Å². The van der Waals surface area contributed by atoms with Gasteiger partial charge in [-0.25, -0.2) is 4.39 Å². The van der Waals surface area contributed by atoms with Crippen LogP contribution in [0.1, 0.15) is 10.4 Å². The molecule has 0 heterocycles. The summed E-state index contributed by atoms with van der Waals surface area (Å²) in [6.45, 7) is -0.276. The molecular formula is C11H10ClFN2O5. The lowest BCUT2D eigenvalue weighted by molar-refractivity contribution is -0.385. The molecule has 1 aromatic rings. The summed E-state index contributed by atoms with van der Waals surface area (Å²) in [5.41, 5.74) is -1.00. The number of nitro benzene ring substituents is 1. The number of halogens is 2. The van der Waals surface area contributed by atoms with Crippen LogP contribution in [-0.2, 0) is 9.53 Å². The average molecular weight is 305 g/mol. The van der Waals surface area contributed by atoms with E-state index in [1.807, 2.05) is 0 Å². The van der Waals surface area contributed by atoms with Crippen molar-refractivity contribution in [3.05, 3.63) is 39.7 Å². The second-order valence-electron chi connectivity index (χ2n) is 3.62. The molecule has 0 aromatic heterocycles. The largest absolute Gasteiger partial charge is 0.468 e. The summed E-state index contributed by atoms with van der Waals surface area (Å²) in [5.74, 6) is -2.43. The zero-order valence-corrected chi connectivity index (χ0v) is 11.0. The van der Waals surface area contributed by atoms with Crippen molar-refractivity contribution in [1.82, 2.24) is 5.32 Å². The molecule has 0 aliphatic heterocycles. The Balaban J connectivity index is 2.83. The molecule has 0 aliphatic rings. The Bertz CT molecular complexity index is 552. The third-order valence-corrected chi connectivity index (χ3v) is 2.63. The zero-order chi connectivity index (χ0) is 15.3. The lowest BCUT2D eigenvalue weighted by Crippen LogP contribution is -2.34. The summed E-state index contributed by atoms with van der Waals surface area (Å²) in [6.07, 6.45) is 0. The molecule has 1 aromatic carbocycles. The van der Waals surface area contributed by atoms with Gasteiger partial charge in [0.2, 0.25) is 0 Å². The third kappa shape index (κ3) is 3.89. The van der Waals surface area contributed by atoms with Gasteiger partial charge in [0.25, 0.3) is 11.6 Å². The van der Waals surface area contributed by atoms with E-state index in [0.717, 1.165) is 19.2 Å². The average Bonchev–Trinajstić information content (AvgIpc) is 2.43. The number of amides is 1. The van der Waals surface area contributed by atoms with Crippen molar-refractivity contribution in [2.45, 2.75) is 5.38 Å². The number of benzene rings is 1. The molecule has 1 N–H and O–H groups in total. The van der Waals surface area contributed by atoms with E-state index < -0.39 is 33.7 Å². The fraction of sp³-hybridized carbons (Fsp3) is 0.273. The molecule has 9 heteroatoms. The number of methoxy groups -OCH3 is 1. The first-order chi connectivity index (χ1) is 9.36. The highest BCUT2D eigenvalue weighted by Crippen LogP contribution is 2.19. The van der Waals surface area contributed by atoms with Crippen molar-refractivity contribution in [3.8, 4) is 0 Å². The first kappa shape index (κ1) is 15.8. The molecule has 7 nitrogen and oxygen atoms in total. The van der Waals surface area contributed by atoms with Crippen LogP contribution in [0, 0.1) is 15.9 Å². The lowest BCUT2D eigenvalue weighted by atomic mass is 10.1. The van der Waals surface area contributed by atoms with E-state index in [9.17, 15) is 24.1 Å². The van der Waals surface area contributed by atoms with Crippen LogP contribution in [0.15, 0.2) is 18.2 Å². The minimum Gasteiger partial charge on any atom is -0.468 e. The van der Waals surface area contributed by atoms with Gasteiger partial charge in [-0.1, -0.05) is 0 Å². The van der Waals surface area contributed by atoms with Crippen LogP contribution in [0.3, 0.4) is 0 Å². The van der Waals surface area contributed by atoms with Gasteiger partial charge in [0.15, 0.2) is 0 Å².